The summed E-state index contributed by atoms with van der Waals surface area (Å²) in [4.78, 5) is 27.9. The van der Waals surface area contributed by atoms with Gasteiger partial charge in [-0.15, -0.1) is 11.3 Å². The van der Waals surface area contributed by atoms with Gasteiger partial charge >= 0.3 is 12.0 Å². The van der Waals surface area contributed by atoms with Crippen molar-refractivity contribution >= 4 is 44.0 Å². The van der Waals surface area contributed by atoms with Crippen molar-refractivity contribution in [2.24, 2.45) is 5.92 Å². The van der Waals surface area contributed by atoms with Crippen molar-refractivity contribution in [1.82, 2.24) is 4.98 Å². The van der Waals surface area contributed by atoms with E-state index in [-0.39, 0.29) is 21.3 Å². The third-order valence-electron chi connectivity index (χ3n) is 4.52. The second-order valence-electron chi connectivity index (χ2n) is 8.00. The second kappa shape index (κ2) is 10.7. The van der Waals surface area contributed by atoms with Gasteiger partial charge in [0.1, 0.15) is 5.75 Å². The summed E-state index contributed by atoms with van der Waals surface area (Å²) in [5.41, 5.74) is 1.50. The summed E-state index contributed by atoms with van der Waals surface area (Å²) in [6, 6.07) is 9.90. The SMILES string of the molecule is Cc1ccc(NC(=O)Nc2ncc(CS(=O)(=O)c3ccc(C(=O)O)cc3)s2)c(OCC(C)C)c1. The molecule has 9 nitrogen and oxygen atoms in total. The van der Waals surface area contributed by atoms with Gasteiger partial charge in [-0.1, -0.05) is 19.9 Å². The van der Waals surface area contributed by atoms with Gasteiger partial charge in [-0.3, -0.25) is 5.32 Å². The highest BCUT2D eigenvalue weighted by Gasteiger charge is 2.19. The Labute approximate surface area is 201 Å². The number of aromatic nitrogens is 1. The summed E-state index contributed by atoms with van der Waals surface area (Å²) in [6.07, 6.45) is 1.38. The van der Waals surface area contributed by atoms with Crippen molar-refractivity contribution in [3.63, 3.8) is 0 Å². The monoisotopic (exact) mass is 503 g/mol. The van der Waals surface area contributed by atoms with E-state index in [0.717, 1.165) is 16.9 Å². The summed E-state index contributed by atoms with van der Waals surface area (Å²) in [5.74, 6) is -0.582. The Morgan fingerprint density at radius 2 is 1.82 bits per heavy atom. The number of urea groups is 1. The van der Waals surface area contributed by atoms with Crippen LogP contribution in [-0.2, 0) is 15.6 Å². The average molecular weight is 504 g/mol. The zero-order valence-electron chi connectivity index (χ0n) is 18.9. The van der Waals surface area contributed by atoms with E-state index in [1.165, 1.54) is 30.5 Å². The number of carboxylic acids is 1. The van der Waals surface area contributed by atoms with E-state index in [0.29, 0.717) is 28.8 Å². The molecule has 0 bridgehead atoms. The van der Waals surface area contributed by atoms with Crippen LogP contribution in [0, 0.1) is 12.8 Å². The van der Waals surface area contributed by atoms with Gasteiger partial charge in [-0.05, 0) is 54.8 Å². The molecule has 0 saturated heterocycles. The van der Waals surface area contributed by atoms with Crippen LogP contribution in [0.1, 0.15) is 34.6 Å². The first kappa shape index (κ1) is 25.2. The highest BCUT2D eigenvalue weighted by molar-refractivity contribution is 7.90. The van der Waals surface area contributed by atoms with Crippen LogP contribution in [0.25, 0.3) is 0 Å². The summed E-state index contributed by atoms with van der Waals surface area (Å²) < 4.78 is 31.1. The number of rotatable bonds is 9. The van der Waals surface area contributed by atoms with Gasteiger partial charge in [-0.2, -0.15) is 0 Å². The molecule has 2 aromatic carbocycles. The molecule has 11 heteroatoms. The van der Waals surface area contributed by atoms with Crippen LogP contribution >= 0.6 is 11.3 Å². The largest absolute Gasteiger partial charge is 0.491 e. The molecule has 34 heavy (non-hydrogen) atoms. The number of carbonyl (C=O) groups excluding carboxylic acids is 1. The predicted molar refractivity (Wildman–Crippen MR) is 131 cm³/mol. The highest BCUT2D eigenvalue weighted by atomic mass is 32.2. The molecular formula is C23H25N3O6S2. The van der Waals surface area contributed by atoms with E-state index in [9.17, 15) is 18.0 Å². The summed E-state index contributed by atoms with van der Waals surface area (Å²) in [6.45, 7) is 6.49. The quantitative estimate of drug-likeness (QED) is 0.382. The maximum Gasteiger partial charge on any atom is 0.335 e. The number of ether oxygens (including phenoxy) is 1. The fourth-order valence-corrected chi connectivity index (χ4v) is 5.34. The lowest BCUT2D eigenvalue weighted by atomic mass is 10.2. The predicted octanol–water partition coefficient (Wildman–Crippen LogP) is 4.80. The van der Waals surface area contributed by atoms with E-state index in [1.54, 1.807) is 6.07 Å². The lowest BCUT2D eigenvalue weighted by Crippen LogP contribution is -2.20. The topological polar surface area (TPSA) is 135 Å². The van der Waals surface area contributed by atoms with Crippen LogP contribution in [0.4, 0.5) is 15.6 Å². The number of hydrogen-bond acceptors (Lipinski definition) is 7. The zero-order chi connectivity index (χ0) is 24.9. The van der Waals surface area contributed by atoms with Gasteiger partial charge in [0.15, 0.2) is 15.0 Å². The number of carbonyl (C=O) groups is 2. The molecule has 1 aromatic heterocycles. The molecule has 180 valence electrons. The second-order valence-corrected chi connectivity index (χ2v) is 11.1. The minimum absolute atomic E-state index is 0.000536. The molecule has 0 aliphatic heterocycles. The molecule has 0 radical (unpaired) electrons. The van der Waals surface area contributed by atoms with Crippen molar-refractivity contribution in [3.8, 4) is 5.75 Å². The summed E-state index contributed by atoms with van der Waals surface area (Å²) in [5, 5.41) is 14.5. The number of aromatic carboxylic acids is 1. The summed E-state index contributed by atoms with van der Waals surface area (Å²) in [7, 11) is -3.71. The zero-order valence-corrected chi connectivity index (χ0v) is 20.5. The van der Waals surface area contributed by atoms with Crippen molar-refractivity contribution in [3.05, 3.63) is 64.7 Å². The molecule has 3 N–H and O–H groups in total. The van der Waals surface area contributed by atoms with E-state index in [1.807, 2.05) is 32.9 Å². The van der Waals surface area contributed by atoms with Crippen LogP contribution in [-0.4, -0.2) is 37.1 Å². The molecular weight excluding hydrogens is 478 g/mol. The number of carboxylic acid groups (broad SMARTS) is 1. The Bertz CT molecular complexity index is 1280. The Balaban J connectivity index is 1.65. The molecule has 1 heterocycles. The number of nitrogens with zero attached hydrogens (tertiary/aromatic N) is 1. The van der Waals surface area contributed by atoms with Gasteiger partial charge in [0.05, 0.1) is 28.5 Å². The highest BCUT2D eigenvalue weighted by Crippen LogP contribution is 2.28. The van der Waals surface area contributed by atoms with Gasteiger partial charge < -0.3 is 15.2 Å². The Kier molecular flexibility index (Phi) is 7.90. The maximum atomic E-state index is 12.6. The lowest BCUT2D eigenvalue weighted by molar-refractivity contribution is 0.0696. The van der Waals surface area contributed by atoms with Crippen molar-refractivity contribution in [2.45, 2.75) is 31.4 Å². The van der Waals surface area contributed by atoms with Crippen molar-refractivity contribution < 1.29 is 27.9 Å². The van der Waals surface area contributed by atoms with Gasteiger partial charge in [0.25, 0.3) is 0 Å². The van der Waals surface area contributed by atoms with Crippen LogP contribution in [0.3, 0.4) is 0 Å². The Morgan fingerprint density at radius 1 is 1.12 bits per heavy atom. The van der Waals surface area contributed by atoms with Crippen LogP contribution in [0.15, 0.2) is 53.6 Å². The number of hydrogen-bond donors (Lipinski definition) is 3. The standard InChI is InChI=1S/C23H25N3O6S2/c1-14(2)12-32-20-10-15(3)4-9-19(20)25-22(29)26-23-24-11-17(33-23)13-34(30,31)18-7-5-16(6-8-18)21(27)28/h4-11,14H,12-13H2,1-3H3,(H,27,28)(H2,24,25,26,29). The Morgan fingerprint density at radius 3 is 2.47 bits per heavy atom. The van der Waals surface area contributed by atoms with Gasteiger partial charge in [0.2, 0.25) is 0 Å². The van der Waals surface area contributed by atoms with E-state index in [2.05, 4.69) is 15.6 Å². The molecule has 0 aliphatic carbocycles. The number of anilines is 2. The van der Waals surface area contributed by atoms with E-state index in [4.69, 9.17) is 9.84 Å². The number of sulfone groups is 1. The molecule has 0 fully saturated rings. The third-order valence-corrected chi connectivity index (χ3v) is 7.30. The normalized spacial score (nSPS) is 11.3. The van der Waals surface area contributed by atoms with Crippen LogP contribution < -0.4 is 15.4 Å². The van der Waals surface area contributed by atoms with Gasteiger partial charge in [-0.25, -0.2) is 23.0 Å². The minimum Gasteiger partial charge on any atom is -0.491 e. The summed E-state index contributed by atoms with van der Waals surface area (Å²) >= 11 is 1.03. The molecule has 3 aromatic rings. The number of thiazole rings is 1. The minimum atomic E-state index is -3.71. The van der Waals surface area contributed by atoms with Crippen molar-refractivity contribution in [2.75, 3.05) is 17.2 Å². The molecule has 0 atom stereocenters. The lowest BCUT2D eigenvalue weighted by Gasteiger charge is -2.14. The van der Waals surface area contributed by atoms with E-state index >= 15 is 0 Å². The fourth-order valence-electron chi connectivity index (χ4n) is 2.87. The number of amides is 2. The first-order chi connectivity index (χ1) is 16.0. The number of benzene rings is 2. The molecule has 0 aliphatic rings. The molecule has 0 unspecified atom stereocenters. The Hall–Kier alpha value is -3.44. The van der Waals surface area contributed by atoms with Crippen LogP contribution in [0.5, 0.6) is 5.75 Å². The number of aryl methyl sites for hydroxylation is 1. The van der Waals surface area contributed by atoms with Crippen molar-refractivity contribution in [1.29, 1.82) is 0 Å². The smallest absolute Gasteiger partial charge is 0.335 e. The molecule has 3 rings (SSSR count). The fraction of sp³-hybridized carbons (Fsp3) is 0.261. The number of nitrogens with one attached hydrogen (secondary N) is 2. The average Bonchev–Trinajstić information content (AvgIpc) is 3.19. The van der Waals surface area contributed by atoms with Crippen LogP contribution in [0.2, 0.25) is 0 Å². The molecule has 2 amide bonds. The third kappa shape index (κ3) is 6.78. The van der Waals surface area contributed by atoms with E-state index < -0.39 is 21.8 Å². The first-order valence-electron chi connectivity index (χ1n) is 10.4. The maximum absolute atomic E-state index is 12.6. The first-order valence-corrected chi connectivity index (χ1v) is 12.8. The molecule has 0 spiro atoms. The molecule has 0 saturated carbocycles. The van der Waals surface area contributed by atoms with Gasteiger partial charge in [0, 0.05) is 11.1 Å².